The van der Waals surface area contributed by atoms with E-state index in [1.807, 2.05) is 13.8 Å². The number of hydrogen-bond donors (Lipinski definition) is 2. The molecule has 4 rings (SSSR count). The molecule has 7 nitrogen and oxygen atoms in total. The second kappa shape index (κ2) is 10.2. The number of aromatic nitrogens is 2. The maximum Gasteiger partial charge on any atom is 0.261 e. The van der Waals surface area contributed by atoms with Gasteiger partial charge in [0.05, 0.1) is 23.1 Å². The van der Waals surface area contributed by atoms with Crippen molar-refractivity contribution < 1.29 is 14.6 Å². The van der Waals surface area contributed by atoms with E-state index < -0.39 is 6.10 Å². The summed E-state index contributed by atoms with van der Waals surface area (Å²) in [5.74, 6) is 1.22. The van der Waals surface area contributed by atoms with Crippen molar-refractivity contribution in [1.82, 2.24) is 14.9 Å². The van der Waals surface area contributed by atoms with Crippen molar-refractivity contribution in [2.24, 2.45) is 0 Å². The fraction of sp³-hybridized carbons (Fsp3) is 0.423. The zero-order valence-corrected chi connectivity index (χ0v) is 19.2. The maximum absolute atomic E-state index is 13.0. The predicted molar refractivity (Wildman–Crippen MR) is 128 cm³/mol. The number of nitrogens with zero attached hydrogens (tertiary/aromatic N) is 2. The van der Waals surface area contributed by atoms with Crippen molar-refractivity contribution >= 4 is 16.8 Å². The van der Waals surface area contributed by atoms with E-state index in [0.717, 1.165) is 43.7 Å². The Kier molecular flexibility index (Phi) is 7.08. The first-order chi connectivity index (χ1) is 15.9. The number of carbonyl (C=O) groups excluding carboxylic acids is 1. The molecule has 1 atom stereocenters. The Labute approximate surface area is 193 Å². The standard InChI is InChI=1S/C26H31N3O4/c1-17(2)33-20-11-8-18(9-12-20)23(30)16-27-25(31)19-10-13-21-22(15-19)28-24-7-5-3-4-6-14-29(24)26(21)32/h8-13,15,17,23,30H,3-7,14,16H2,1-2H3,(H,27,31). The number of hydrogen-bond acceptors (Lipinski definition) is 5. The van der Waals surface area contributed by atoms with E-state index in [9.17, 15) is 14.7 Å². The van der Waals surface area contributed by atoms with Crippen LogP contribution in [0.2, 0.25) is 0 Å². The van der Waals surface area contributed by atoms with Crippen LogP contribution in [0.15, 0.2) is 47.3 Å². The van der Waals surface area contributed by atoms with Crippen LogP contribution in [0.25, 0.3) is 10.9 Å². The number of aryl methyl sites for hydroxylation is 1. The minimum absolute atomic E-state index is 0.0378. The second-order valence-electron chi connectivity index (χ2n) is 8.84. The number of fused-ring (bicyclic) bond motifs is 2. The average Bonchev–Trinajstić information content (AvgIpc) is 2.78. The quantitative estimate of drug-likeness (QED) is 0.598. The van der Waals surface area contributed by atoms with Gasteiger partial charge in [-0.05, 0) is 62.6 Å². The molecule has 0 saturated heterocycles. The van der Waals surface area contributed by atoms with Crippen LogP contribution in [0.3, 0.4) is 0 Å². The summed E-state index contributed by atoms with van der Waals surface area (Å²) in [7, 11) is 0. The van der Waals surface area contributed by atoms with Crippen molar-refractivity contribution in [3.63, 3.8) is 0 Å². The topological polar surface area (TPSA) is 93.5 Å². The summed E-state index contributed by atoms with van der Waals surface area (Å²) in [4.78, 5) is 30.4. The van der Waals surface area contributed by atoms with Crippen molar-refractivity contribution in [2.45, 2.75) is 64.7 Å². The van der Waals surface area contributed by atoms with E-state index in [4.69, 9.17) is 9.72 Å². The number of amides is 1. The molecule has 1 aliphatic heterocycles. The summed E-state index contributed by atoms with van der Waals surface area (Å²) >= 11 is 0. The van der Waals surface area contributed by atoms with Gasteiger partial charge in [-0.15, -0.1) is 0 Å². The normalized spacial score (nSPS) is 14.9. The highest BCUT2D eigenvalue weighted by molar-refractivity contribution is 5.97. The molecule has 1 amide bonds. The summed E-state index contributed by atoms with van der Waals surface area (Å²) in [6.45, 7) is 4.67. The molecule has 2 aromatic carbocycles. The van der Waals surface area contributed by atoms with Gasteiger partial charge in [-0.1, -0.05) is 25.0 Å². The van der Waals surface area contributed by atoms with E-state index >= 15 is 0 Å². The summed E-state index contributed by atoms with van der Waals surface area (Å²) < 4.78 is 7.40. The largest absolute Gasteiger partial charge is 0.491 e. The van der Waals surface area contributed by atoms with Crippen LogP contribution < -0.4 is 15.6 Å². The zero-order valence-electron chi connectivity index (χ0n) is 19.2. The number of aliphatic hydroxyl groups excluding tert-OH is 1. The van der Waals surface area contributed by atoms with Gasteiger partial charge in [-0.2, -0.15) is 0 Å². The molecular weight excluding hydrogens is 418 g/mol. The smallest absolute Gasteiger partial charge is 0.261 e. The van der Waals surface area contributed by atoms with Crippen molar-refractivity contribution in [1.29, 1.82) is 0 Å². The average molecular weight is 450 g/mol. The molecule has 0 bridgehead atoms. The molecule has 0 fully saturated rings. The van der Waals surface area contributed by atoms with Gasteiger partial charge in [-0.25, -0.2) is 4.98 Å². The third-order valence-corrected chi connectivity index (χ3v) is 5.92. The van der Waals surface area contributed by atoms with Gasteiger partial charge in [-0.3, -0.25) is 14.2 Å². The third kappa shape index (κ3) is 5.42. The molecular formula is C26H31N3O4. The lowest BCUT2D eigenvalue weighted by Gasteiger charge is -2.16. The van der Waals surface area contributed by atoms with Gasteiger partial charge in [0.25, 0.3) is 11.5 Å². The zero-order chi connectivity index (χ0) is 23.4. The van der Waals surface area contributed by atoms with Crippen LogP contribution in [0.5, 0.6) is 5.75 Å². The van der Waals surface area contributed by atoms with Crippen molar-refractivity contribution in [2.75, 3.05) is 6.54 Å². The monoisotopic (exact) mass is 449 g/mol. The molecule has 174 valence electrons. The molecule has 33 heavy (non-hydrogen) atoms. The molecule has 7 heteroatoms. The van der Waals surface area contributed by atoms with Gasteiger partial charge in [0.1, 0.15) is 11.6 Å². The summed E-state index contributed by atoms with van der Waals surface area (Å²) in [6, 6.07) is 12.2. The number of benzene rings is 2. The SMILES string of the molecule is CC(C)Oc1ccc(C(O)CNC(=O)c2ccc3c(=O)n4c(nc3c2)CCCCCC4)cc1. The van der Waals surface area contributed by atoms with E-state index in [2.05, 4.69) is 5.32 Å². The predicted octanol–water partition coefficient (Wildman–Crippen LogP) is 3.76. The second-order valence-corrected chi connectivity index (χ2v) is 8.84. The van der Waals surface area contributed by atoms with Crippen molar-refractivity contribution in [3.8, 4) is 5.75 Å². The van der Waals surface area contributed by atoms with Gasteiger partial charge >= 0.3 is 0 Å². The van der Waals surface area contributed by atoms with Crippen LogP contribution >= 0.6 is 0 Å². The first-order valence-electron chi connectivity index (χ1n) is 11.7. The molecule has 1 aromatic heterocycles. The number of ether oxygens (including phenoxy) is 1. The molecule has 0 radical (unpaired) electrons. The van der Waals surface area contributed by atoms with Gasteiger partial charge in [0.15, 0.2) is 0 Å². The van der Waals surface area contributed by atoms with Gasteiger partial charge in [0.2, 0.25) is 0 Å². The molecule has 2 N–H and O–H groups in total. The van der Waals surface area contributed by atoms with Crippen LogP contribution in [-0.2, 0) is 13.0 Å². The maximum atomic E-state index is 13.0. The first-order valence-corrected chi connectivity index (χ1v) is 11.7. The first kappa shape index (κ1) is 23.0. The molecule has 1 aliphatic rings. The fourth-order valence-electron chi connectivity index (χ4n) is 4.19. The fourth-order valence-corrected chi connectivity index (χ4v) is 4.19. The van der Waals surface area contributed by atoms with E-state index in [0.29, 0.717) is 28.6 Å². The minimum Gasteiger partial charge on any atom is -0.491 e. The van der Waals surface area contributed by atoms with Crippen LogP contribution in [0.1, 0.15) is 67.4 Å². The lowest BCUT2D eigenvalue weighted by atomic mass is 10.1. The number of rotatable bonds is 6. The highest BCUT2D eigenvalue weighted by Gasteiger charge is 2.16. The molecule has 0 spiro atoms. The van der Waals surface area contributed by atoms with E-state index in [1.54, 1.807) is 47.0 Å². The Morgan fingerprint density at radius 1 is 1.12 bits per heavy atom. The van der Waals surface area contributed by atoms with Crippen LogP contribution in [0.4, 0.5) is 0 Å². The van der Waals surface area contributed by atoms with Crippen LogP contribution in [0, 0.1) is 0 Å². The number of aliphatic hydroxyl groups is 1. The van der Waals surface area contributed by atoms with E-state index in [1.165, 1.54) is 0 Å². The third-order valence-electron chi connectivity index (χ3n) is 5.92. The van der Waals surface area contributed by atoms with Gasteiger partial charge in [0, 0.05) is 25.1 Å². The summed E-state index contributed by atoms with van der Waals surface area (Å²) in [5.41, 5.74) is 1.61. The number of nitrogens with one attached hydrogen (secondary N) is 1. The molecule has 2 heterocycles. The Morgan fingerprint density at radius 2 is 1.88 bits per heavy atom. The Balaban J connectivity index is 1.46. The number of carbonyl (C=O) groups is 1. The minimum atomic E-state index is -0.843. The van der Waals surface area contributed by atoms with Crippen LogP contribution in [-0.4, -0.2) is 33.2 Å². The van der Waals surface area contributed by atoms with E-state index in [-0.39, 0.29) is 24.1 Å². The molecule has 0 saturated carbocycles. The molecule has 3 aromatic rings. The Bertz CT molecular complexity index is 1180. The lowest BCUT2D eigenvalue weighted by Crippen LogP contribution is -2.29. The summed E-state index contributed by atoms with van der Waals surface area (Å²) in [6.07, 6.45) is 4.28. The highest BCUT2D eigenvalue weighted by Crippen LogP contribution is 2.19. The highest BCUT2D eigenvalue weighted by atomic mass is 16.5. The Morgan fingerprint density at radius 3 is 2.64 bits per heavy atom. The lowest BCUT2D eigenvalue weighted by molar-refractivity contribution is 0.0916. The molecule has 1 unspecified atom stereocenters. The molecule has 0 aliphatic carbocycles. The van der Waals surface area contributed by atoms with Crippen molar-refractivity contribution in [3.05, 3.63) is 69.8 Å². The summed E-state index contributed by atoms with van der Waals surface area (Å²) in [5, 5.41) is 13.8. The Hall–Kier alpha value is -3.19. The van der Waals surface area contributed by atoms with Gasteiger partial charge < -0.3 is 15.2 Å².